The highest BCUT2D eigenvalue weighted by Crippen LogP contribution is 2.30. The van der Waals surface area contributed by atoms with Gasteiger partial charge in [-0.3, -0.25) is 0 Å². The lowest BCUT2D eigenvalue weighted by Gasteiger charge is -2.26. The Morgan fingerprint density at radius 1 is 1.53 bits per heavy atom. The third-order valence-corrected chi connectivity index (χ3v) is 4.34. The minimum Gasteiger partial charge on any atom is -0.464 e. The number of ether oxygens (including phenoxy) is 1. The molecule has 4 nitrogen and oxygen atoms in total. The van der Waals surface area contributed by atoms with Crippen LogP contribution in [0.2, 0.25) is 0 Å². The predicted molar refractivity (Wildman–Crippen MR) is 67.6 cm³/mol. The van der Waals surface area contributed by atoms with E-state index in [1.807, 2.05) is 6.92 Å². The average molecular weight is 254 g/mol. The predicted octanol–water partition coefficient (Wildman–Crippen LogP) is 2.09. The van der Waals surface area contributed by atoms with Crippen LogP contribution in [0.15, 0.2) is 0 Å². The van der Waals surface area contributed by atoms with Crippen LogP contribution in [0.1, 0.15) is 46.1 Å². The van der Waals surface area contributed by atoms with Crippen molar-refractivity contribution in [1.29, 1.82) is 0 Å². The van der Waals surface area contributed by atoms with E-state index in [4.69, 9.17) is 4.74 Å². The zero-order chi connectivity index (χ0) is 12.4. The molecular formula is C12H18N2O2S. The smallest absolute Gasteiger partial charge is 0.357 e. The molecule has 2 unspecified atom stereocenters. The summed E-state index contributed by atoms with van der Waals surface area (Å²) >= 11 is 1.61. The van der Waals surface area contributed by atoms with E-state index in [1.54, 1.807) is 11.3 Å². The van der Waals surface area contributed by atoms with Crippen LogP contribution >= 0.6 is 11.3 Å². The van der Waals surface area contributed by atoms with E-state index in [0.29, 0.717) is 17.7 Å². The standard InChI is InChI=1S/C12H18N2O2S/c1-7-4-5-9(6-13-7)11-14-10(8(2)17-11)12(15)16-3/h7,9,13H,4-6H2,1-3H3. The van der Waals surface area contributed by atoms with Gasteiger partial charge in [0.2, 0.25) is 0 Å². The number of methoxy groups -OCH3 is 1. The van der Waals surface area contributed by atoms with Crippen LogP contribution in [0.4, 0.5) is 0 Å². The van der Waals surface area contributed by atoms with Gasteiger partial charge in [0.05, 0.1) is 12.1 Å². The van der Waals surface area contributed by atoms with Gasteiger partial charge in [0.1, 0.15) is 0 Å². The van der Waals surface area contributed by atoms with E-state index in [9.17, 15) is 4.79 Å². The second kappa shape index (κ2) is 5.14. The van der Waals surface area contributed by atoms with Crippen LogP contribution in [-0.4, -0.2) is 30.6 Å². The lowest BCUT2D eigenvalue weighted by molar-refractivity contribution is 0.0594. The number of aromatic nitrogens is 1. The lowest BCUT2D eigenvalue weighted by Crippen LogP contribution is -2.35. The summed E-state index contributed by atoms with van der Waals surface area (Å²) in [6.07, 6.45) is 2.30. The van der Waals surface area contributed by atoms with Crippen LogP contribution < -0.4 is 5.32 Å². The van der Waals surface area contributed by atoms with Gasteiger partial charge >= 0.3 is 5.97 Å². The van der Waals surface area contributed by atoms with Gasteiger partial charge in [0.15, 0.2) is 5.69 Å². The Labute approximate surface area is 105 Å². The van der Waals surface area contributed by atoms with Crippen LogP contribution in [0.3, 0.4) is 0 Å². The maximum absolute atomic E-state index is 11.5. The normalized spacial score (nSPS) is 24.6. The summed E-state index contributed by atoms with van der Waals surface area (Å²) in [5, 5.41) is 4.51. The largest absolute Gasteiger partial charge is 0.464 e. The molecule has 2 heterocycles. The number of thiazole rings is 1. The number of esters is 1. The van der Waals surface area contributed by atoms with Gasteiger partial charge in [0, 0.05) is 23.4 Å². The molecule has 0 bridgehead atoms. The summed E-state index contributed by atoms with van der Waals surface area (Å²) < 4.78 is 4.72. The SMILES string of the molecule is COC(=O)c1nc(C2CCC(C)NC2)sc1C. The first-order valence-corrected chi connectivity index (χ1v) is 6.72. The van der Waals surface area contributed by atoms with Gasteiger partial charge in [-0.1, -0.05) is 0 Å². The second-order valence-corrected chi connectivity index (χ2v) is 5.77. The topological polar surface area (TPSA) is 51.2 Å². The molecule has 0 aromatic carbocycles. The zero-order valence-electron chi connectivity index (χ0n) is 10.4. The number of nitrogens with one attached hydrogen (secondary N) is 1. The van der Waals surface area contributed by atoms with E-state index >= 15 is 0 Å². The Morgan fingerprint density at radius 3 is 2.88 bits per heavy atom. The number of carbonyl (C=O) groups excluding carboxylic acids is 1. The summed E-state index contributed by atoms with van der Waals surface area (Å²) in [7, 11) is 1.39. The van der Waals surface area contributed by atoms with Gasteiger partial charge in [0.25, 0.3) is 0 Å². The van der Waals surface area contributed by atoms with Crippen molar-refractivity contribution >= 4 is 17.3 Å². The molecule has 1 aromatic rings. The van der Waals surface area contributed by atoms with Crippen molar-refractivity contribution in [3.63, 3.8) is 0 Å². The van der Waals surface area contributed by atoms with Crippen LogP contribution in [0, 0.1) is 6.92 Å². The van der Waals surface area contributed by atoms with E-state index in [-0.39, 0.29) is 5.97 Å². The van der Waals surface area contributed by atoms with Crippen molar-refractivity contribution in [3.05, 3.63) is 15.6 Å². The van der Waals surface area contributed by atoms with E-state index in [2.05, 4.69) is 17.2 Å². The van der Waals surface area contributed by atoms with E-state index in [0.717, 1.165) is 29.3 Å². The highest BCUT2D eigenvalue weighted by Gasteiger charge is 2.24. The molecule has 2 rings (SSSR count). The van der Waals surface area contributed by atoms with Crippen molar-refractivity contribution in [2.75, 3.05) is 13.7 Å². The van der Waals surface area contributed by atoms with Crippen LogP contribution in [0.25, 0.3) is 0 Å². The molecule has 0 aliphatic carbocycles. The van der Waals surface area contributed by atoms with Gasteiger partial charge in [-0.2, -0.15) is 0 Å². The Hall–Kier alpha value is -0.940. The molecule has 1 aliphatic heterocycles. The van der Waals surface area contributed by atoms with Gasteiger partial charge in [-0.25, -0.2) is 9.78 Å². The summed E-state index contributed by atoms with van der Waals surface area (Å²) in [5.74, 6) is 0.107. The van der Waals surface area contributed by atoms with Crippen molar-refractivity contribution < 1.29 is 9.53 Å². The molecule has 1 N–H and O–H groups in total. The zero-order valence-corrected chi connectivity index (χ0v) is 11.3. The van der Waals surface area contributed by atoms with Crippen molar-refractivity contribution in [3.8, 4) is 0 Å². The van der Waals surface area contributed by atoms with E-state index < -0.39 is 0 Å². The minimum atomic E-state index is -0.331. The molecule has 2 atom stereocenters. The third-order valence-electron chi connectivity index (χ3n) is 3.20. The molecule has 0 spiro atoms. The second-order valence-electron chi connectivity index (χ2n) is 4.53. The first-order valence-electron chi connectivity index (χ1n) is 5.90. The quantitative estimate of drug-likeness (QED) is 0.821. The Kier molecular flexibility index (Phi) is 3.79. The average Bonchev–Trinajstić information content (AvgIpc) is 2.71. The van der Waals surface area contributed by atoms with Crippen molar-refractivity contribution in [2.24, 2.45) is 0 Å². The molecule has 1 fully saturated rings. The molecule has 17 heavy (non-hydrogen) atoms. The molecule has 0 radical (unpaired) electrons. The molecule has 1 aromatic heterocycles. The van der Waals surface area contributed by atoms with Crippen molar-refractivity contribution in [1.82, 2.24) is 10.3 Å². The number of aryl methyl sites for hydroxylation is 1. The lowest BCUT2D eigenvalue weighted by atomic mass is 9.96. The fraction of sp³-hybridized carbons (Fsp3) is 0.667. The first-order chi connectivity index (χ1) is 8.11. The molecule has 1 saturated heterocycles. The number of nitrogens with zero attached hydrogens (tertiary/aromatic N) is 1. The van der Waals surface area contributed by atoms with Crippen LogP contribution in [0.5, 0.6) is 0 Å². The Balaban J connectivity index is 2.14. The molecule has 5 heteroatoms. The van der Waals surface area contributed by atoms with Gasteiger partial charge in [-0.05, 0) is 26.7 Å². The summed E-state index contributed by atoms with van der Waals surface area (Å²) in [6.45, 7) is 5.07. The van der Waals surface area contributed by atoms with Crippen LogP contribution in [-0.2, 0) is 4.74 Å². The fourth-order valence-corrected chi connectivity index (χ4v) is 3.13. The summed E-state index contributed by atoms with van der Waals surface area (Å²) in [5.41, 5.74) is 0.478. The molecular weight excluding hydrogens is 236 g/mol. The summed E-state index contributed by atoms with van der Waals surface area (Å²) in [4.78, 5) is 16.9. The maximum atomic E-state index is 11.5. The fourth-order valence-electron chi connectivity index (χ4n) is 2.09. The first kappa shape index (κ1) is 12.5. The number of hydrogen-bond donors (Lipinski definition) is 1. The molecule has 94 valence electrons. The van der Waals surface area contributed by atoms with Crippen molar-refractivity contribution in [2.45, 2.75) is 38.6 Å². The Morgan fingerprint density at radius 2 is 2.29 bits per heavy atom. The third kappa shape index (κ3) is 2.66. The molecule has 0 saturated carbocycles. The Bertz CT molecular complexity index is 409. The van der Waals surface area contributed by atoms with Gasteiger partial charge < -0.3 is 10.1 Å². The highest BCUT2D eigenvalue weighted by molar-refractivity contribution is 7.12. The van der Waals surface area contributed by atoms with E-state index in [1.165, 1.54) is 7.11 Å². The monoisotopic (exact) mass is 254 g/mol. The highest BCUT2D eigenvalue weighted by atomic mass is 32.1. The minimum absolute atomic E-state index is 0.331. The molecule has 0 amide bonds. The number of rotatable bonds is 2. The summed E-state index contributed by atoms with van der Waals surface area (Å²) in [6, 6.07) is 0.590. The van der Waals surface area contributed by atoms with Gasteiger partial charge in [-0.15, -0.1) is 11.3 Å². The number of piperidine rings is 1. The number of carbonyl (C=O) groups is 1. The maximum Gasteiger partial charge on any atom is 0.357 e. The molecule has 1 aliphatic rings. The number of hydrogen-bond acceptors (Lipinski definition) is 5.